The summed E-state index contributed by atoms with van der Waals surface area (Å²) in [7, 11) is -4.04. The Morgan fingerprint density at radius 1 is 1.00 bits per heavy atom. The quantitative estimate of drug-likeness (QED) is 0.159. The Bertz CT molecular complexity index is 1500. The highest BCUT2D eigenvalue weighted by molar-refractivity contribution is 7.90. The smallest absolute Gasteiger partial charge is 0.341 e. The lowest BCUT2D eigenvalue weighted by atomic mass is 10.0. The summed E-state index contributed by atoms with van der Waals surface area (Å²) in [6.07, 6.45) is 0. The number of rotatable bonds is 7. The Balaban J connectivity index is 1.82. The topological polar surface area (TPSA) is 84.8 Å². The van der Waals surface area contributed by atoms with Gasteiger partial charge in [-0.25, -0.2) is 4.79 Å². The van der Waals surface area contributed by atoms with Crippen LogP contribution in [0.5, 0.6) is 0 Å². The summed E-state index contributed by atoms with van der Waals surface area (Å²) >= 11 is 7.30. The number of aryl methyl sites for hydroxylation is 1. The largest absolute Gasteiger partial charge is 0.462 e. The summed E-state index contributed by atoms with van der Waals surface area (Å²) in [6, 6.07) is 22.4. The van der Waals surface area contributed by atoms with Crippen molar-refractivity contribution < 1.29 is 17.9 Å². The van der Waals surface area contributed by atoms with Gasteiger partial charge >= 0.3 is 5.97 Å². The molecule has 0 aliphatic heterocycles. The van der Waals surface area contributed by atoms with E-state index in [4.69, 9.17) is 16.3 Å². The van der Waals surface area contributed by atoms with Crippen molar-refractivity contribution in [2.75, 3.05) is 11.9 Å². The fourth-order valence-electron chi connectivity index (χ4n) is 3.43. The molecule has 0 saturated carbocycles. The van der Waals surface area contributed by atoms with Gasteiger partial charge in [-0.2, -0.15) is 8.42 Å². The molecule has 4 rings (SSSR count). The molecule has 0 fully saturated rings. The van der Waals surface area contributed by atoms with Crippen molar-refractivity contribution in [1.82, 2.24) is 0 Å². The van der Waals surface area contributed by atoms with E-state index in [0.29, 0.717) is 26.7 Å². The Morgan fingerprint density at radius 3 is 2.31 bits per heavy atom. The summed E-state index contributed by atoms with van der Waals surface area (Å²) in [5, 5.41) is 5.91. The van der Waals surface area contributed by atoms with E-state index in [1.54, 1.807) is 55.5 Å². The molecular formula is C27H23ClN2O4S2. The average Bonchev–Trinajstić information content (AvgIpc) is 3.28. The average molecular weight is 539 g/mol. The Kier molecular flexibility index (Phi) is 7.88. The normalized spacial score (nSPS) is 11.8. The third-order valence-electron chi connectivity index (χ3n) is 5.24. The van der Waals surface area contributed by atoms with E-state index in [-0.39, 0.29) is 17.3 Å². The number of nitrogens with zero attached hydrogens (tertiary/aromatic N) is 1. The lowest BCUT2D eigenvalue weighted by molar-refractivity contribution is 0.0529. The van der Waals surface area contributed by atoms with E-state index in [1.165, 1.54) is 23.5 Å². The van der Waals surface area contributed by atoms with Crippen LogP contribution >= 0.6 is 22.9 Å². The number of carbonyl (C=O) groups is 1. The van der Waals surface area contributed by atoms with Gasteiger partial charge in [-0.3, -0.25) is 0 Å². The second-order valence-corrected chi connectivity index (χ2v) is 10.7. The molecule has 3 aromatic carbocycles. The predicted molar refractivity (Wildman–Crippen MR) is 146 cm³/mol. The molecule has 184 valence electrons. The number of carbonyl (C=O) groups excluding carboxylic acids is 1. The molecular weight excluding hydrogens is 516 g/mol. The molecule has 1 aromatic heterocycles. The SMILES string of the molecule is CCOC(=O)c1c(-c2ccc(Cl)cc2)csc1NC(=NS(=O)(=O)c1ccc(C)cc1)c1ccccc1. The van der Waals surface area contributed by atoms with Gasteiger partial charge in [0.1, 0.15) is 10.6 Å². The molecule has 4 aromatic rings. The molecule has 9 heteroatoms. The number of sulfonamides is 1. The van der Waals surface area contributed by atoms with Crippen molar-refractivity contribution in [3.05, 3.63) is 106 Å². The molecule has 0 unspecified atom stereocenters. The van der Waals surface area contributed by atoms with E-state index in [0.717, 1.165) is 11.1 Å². The van der Waals surface area contributed by atoms with Crippen molar-refractivity contribution in [1.29, 1.82) is 0 Å². The van der Waals surface area contributed by atoms with Crippen LogP contribution in [0.1, 0.15) is 28.4 Å². The highest BCUT2D eigenvalue weighted by atomic mass is 35.5. The van der Waals surface area contributed by atoms with Crippen LogP contribution < -0.4 is 5.32 Å². The zero-order chi connectivity index (χ0) is 25.7. The van der Waals surface area contributed by atoms with Crippen LogP contribution in [0.25, 0.3) is 11.1 Å². The van der Waals surface area contributed by atoms with E-state index in [2.05, 4.69) is 9.71 Å². The van der Waals surface area contributed by atoms with Crippen LogP contribution in [0.4, 0.5) is 5.00 Å². The van der Waals surface area contributed by atoms with E-state index in [1.807, 2.05) is 30.5 Å². The molecule has 36 heavy (non-hydrogen) atoms. The van der Waals surface area contributed by atoms with Gasteiger partial charge in [0.25, 0.3) is 10.0 Å². The number of thiophene rings is 1. The molecule has 1 N–H and O–H groups in total. The van der Waals surface area contributed by atoms with Crippen molar-refractivity contribution >= 4 is 49.8 Å². The first-order valence-corrected chi connectivity index (χ1v) is 13.8. The second kappa shape index (κ2) is 11.1. The first kappa shape index (κ1) is 25.6. The van der Waals surface area contributed by atoms with Crippen LogP contribution in [0.15, 0.2) is 93.5 Å². The van der Waals surface area contributed by atoms with Gasteiger partial charge in [0, 0.05) is 21.5 Å². The van der Waals surface area contributed by atoms with Crippen LogP contribution in [-0.2, 0) is 14.8 Å². The number of hydrogen-bond donors (Lipinski definition) is 1. The number of anilines is 1. The summed E-state index contributed by atoms with van der Waals surface area (Å²) in [4.78, 5) is 13.1. The zero-order valence-corrected chi connectivity index (χ0v) is 22.0. The first-order valence-electron chi connectivity index (χ1n) is 11.1. The van der Waals surface area contributed by atoms with E-state index in [9.17, 15) is 13.2 Å². The number of hydrogen-bond acceptors (Lipinski definition) is 5. The van der Waals surface area contributed by atoms with Gasteiger partial charge in [-0.05, 0) is 43.7 Å². The Hall–Kier alpha value is -3.46. The molecule has 0 atom stereocenters. The molecule has 6 nitrogen and oxygen atoms in total. The first-order chi connectivity index (χ1) is 17.3. The molecule has 0 saturated heterocycles. The van der Waals surface area contributed by atoms with Crippen LogP contribution in [-0.4, -0.2) is 26.8 Å². The van der Waals surface area contributed by atoms with Gasteiger partial charge in [-0.1, -0.05) is 71.8 Å². The van der Waals surface area contributed by atoms with Gasteiger partial charge in [0.05, 0.1) is 11.5 Å². The monoisotopic (exact) mass is 538 g/mol. The maximum atomic E-state index is 13.2. The van der Waals surface area contributed by atoms with Gasteiger partial charge in [0.15, 0.2) is 5.84 Å². The minimum Gasteiger partial charge on any atom is -0.462 e. The maximum absolute atomic E-state index is 13.2. The number of benzene rings is 3. The molecule has 0 amide bonds. The third-order valence-corrected chi connectivity index (χ3v) is 7.67. The van der Waals surface area contributed by atoms with Gasteiger partial charge in [0.2, 0.25) is 0 Å². The number of amidine groups is 1. The lowest BCUT2D eigenvalue weighted by Gasteiger charge is -2.12. The van der Waals surface area contributed by atoms with Gasteiger partial charge < -0.3 is 10.1 Å². The van der Waals surface area contributed by atoms with Crippen molar-refractivity contribution in [2.45, 2.75) is 18.7 Å². The standard InChI is InChI=1S/C27H23ClN2O4S2/c1-3-34-27(31)24-23(19-11-13-21(28)14-12-19)17-35-26(24)29-25(20-7-5-4-6-8-20)30-36(32,33)22-15-9-18(2)10-16-22/h4-17H,3H2,1-2H3,(H,29,30). The fourth-order valence-corrected chi connectivity index (χ4v) is 5.49. The predicted octanol–water partition coefficient (Wildman–Crippen LogP) is 6.80. The summed E-state index contributed by atoms with van der Waals surface area (Å²) in [5.74, 6) is -0.439. The van der Waals surface area contributed by atoms with Gasteiger partial charge in [-0.15, -0.1) is 15.7 Å². The third kappa shape index (κ3) is 5.84. The number of esters is 1. The molecule has 0 bridgehead atoms. The highest BCUT2D eigenvalue weighted by Gasteiger charge is 2.24. The number of nitrogens with one attached hydrogen (secondary N) is 1. The highest BCUT2D eigenvalue weighted by Crippen LogP contribution is 2.37. The van der Waals surface area contributed by atoms with Crippen molar-refractivity contribution in [2.24, 2.45) is 4.40 Å². The number of halogens is 1. The fraction of sp³-hybridized carbons (Fsp3) is 0.111. The summed E-state index contributed by atoms with van der Waals surface area (Å²) < 4.78 is 35.8. The summed E-state index contributed by atoms with van der Waals surface area (Å²) in [6.45, 7) is 3.79. The molecule has 1 heterocycles. The van der Waals surface area contributed by atoms with E-state index >= 15 is 0 Å². The Labute approximate surface area is 219 Å². The Morgan fingerprint density at radius 2 is 1.67 bits per heavy atom. The van der Waals surface area contributed by atoms with Crippen LogP contribution in [0.2, 0.25) is 5.02 Å². The van der Waals surface area contributed by atoms with Crippen molar-refractivity contribution in [3.63, 3.8) is 0 Å². The van der Waals surface area contributed by atoms with E-state index < -0.39 is 16.0 Å². The molecule has 0 aliphatic rings. The minimum atomic E-state index is -4.04. The zero-order valence-electron chi connectivity index (χ0n) is 19.6. The summed E-state index contributed by atoms with van der Waals surface area (Å²) in [5.41, 5.74) is 3.19. The van der Waals surface area contributed by atoms with Crippen molar-refractivity contribution in [3.8, 4) is 11.1 Å². The number of ether oxygens (including phenoxy) is 1. The maximum Gasteiger partial charge on any atom is 0.341 e. The second-order valence-electron chi connectivity index (χ2n) is 7.80. The minimum absolute atomic E-state index is 0.0713. The van der Waals surface area contributed by atoms with Crippen LogP contribution in [0, 0.1) is 6.92 Å². The molecule has 0 radical (unpaired) electrons. The molecule has 0 spiro atoms. The molecule has 0 aliphatic carbocycles. The van der Waals surface area contributed by atoms with Crippen LogP contribution in [0.3, 0.4) is 0 Å². The lowest BCUT2D eigenvalue weighted by Crippen LogP contribution is -2.18.